The summed E-state index contributed by atoms with van der Waals surface area (Å²) in [6.07, 6.45) is 1.49. The van der Waals surface area contributed by atoms with Crippen molar-refractivity contribution in [3.05, 3.63) is 30.1 Å². The van der Waals surface area contributed by atoms with Crippen LogP contribution in [-0.2, 0) is 9.53 Å². The van der Waals surface area contributed by atoms with Crippen LogP contribution >= 0.6 is 0 Å². The summed E-state index contributed by atoms with van der Waals surface area (Å²) in [5, 5.41) is 13.7. The van der Waals surface area contributed by atoms with E-state index >= 15 is 0 Å². The van der Waals surface area contributed by atoms with Crippen LogP contribution in [-0.4, -0.2) is 45.9 Å². The maximum atomic E-state index is 11.7. The van der Waals surface area contributed by atoms with E-state index in [2.05, 4.69) is 20.8 Å². The second kappa shape index (κ2) is 6.73. The quantitative estimate of drug-likeness (QED) is 0.712. The predicted octanol–water partition coefficient (Wildman–Crippen LogP) is -0.115. The molecule has 1 heterocycles. The number of anilines is 1. The molecule has 1 amide bonds. The fraction of sp³-hybridized carbons (Fsp3) is 0.333. The Balaban J connectivity index is 2.07. The molecule has 3 N–H and O–H groups in total. The first-order chi connectivity index (χ1) is 9.70. The van der Waals surface area contributed by atoms with Crippen molar-refractivity contribution in [2.75, 3.05) is 25.1 Å². The van der Waals surface area contributed by atoms with Crippen molar-refractivity contribution in [3.63, 3.8) is 0 Å². The second-order valence-electron chi connectivity index (χ2n) is 4.14. The zero-order valence-corrected chi connectivity index (χ0v) is 11.1. The first-order valence-electron chi connectivity index (χ1n) is 6.12. The molecular weight excluding hydrogens is 260 g/mol. The van der Waals surface area contributed by atoms with Gasteiger partial charge in [-0.2, -0.15) is 0 Å². The Hall–Kier alpha value is -2.32. The second-order valence-corrected chi connectivity index (χ2v) is 4.14. The van der Waals surface area contributed by atoms with Crippen molar-refractivity contribution in [3.8, 4) is 5.69 Å². The molecule has 0 radical (unpaired) electrons. The average Bonchev–Trinajstić information content (AvgIpc) is 2.95. The zero-order chi connectivity index (χ0) is 14.4. The van der Waals surface area contributed by atoms with Crippen molar-refractivity contribution in [2.24, 2.45) is 5.73 Å². The summed E-state index contributed by atoms with van der Waals surface area (Å²) in [7, 11) is 0. The number of amides is 1. The third-order valence-corrected chi connectivity index (χ3v) is 2.60. The normalized spacial score (nSPS) is 10.5. The molecule has 0 saturated carbocycles. The molecule has 20 heavy (non-hydrogen) atoms. The van der Waals surface area contributed by atoms with Crippen LogP contribution in [0.5, 0.6) is 0 Å². The van der Waals surface area contributed by atoms with Crippen molar-refractivity contribution >= 4 is 11.6 Å². The van der Waals surface area contributed by atoms with Gasteiger partial charge in [0.1, 0.15) is 12.9 Å². The van der Waals surface area contributed by atoms with Crippen LogP contribution < -0.4 is 11.1 Å². The molecule has 8 nitrogen and oxygen atoms in total. The number of carbonyl (C=O) groups excluding carboxylic acids is 1. The lowest BCUT2D eigenvalue weighted by Gasteiger charge is -2.10. The van der Waals surface area contributed by atoms with Gasteiger partial charge >= 0.3 is 0 Å². The molecule has 2 aromatic rings. The predicted molar refractivity (Wildman–Crippen MR) is 72.4 cm³/mol. The molecule has 0 saturated heterocycles. The summed E-state index contributed by atoms with van der Waals surface area (Å²) >= 11 is 0. The molecule has 0 atom stereocenters. The number of benzene rings is 1. The molecule has 2 rings (SSSR count). The average molecular weight is 276 g/mol. The molecule has 106 valence electrons. The van der Waals surface area contributed by atoms with E-state index in [9.17, 15) is 4.79 Å². The van der Waals surface area contributed by atoms with Gasteiger partial charge in [0.25, 0.3) is 0 Å². The van der Waals surface area contributed by atoms with Crippen molar-refractivity contribution in [2.45, 2.75) is 6.92 Å². The van der Waals surface area contributed by atoms with Gasteiger partial charge in [-0.1, -0.05) is 6.07 Å². The third kappa shape index (κ3) is 3.59. The van der Waals surface area contributed by atoms with Gasteiger partial charge in [0.15, 0.2) is 0 Å². The monoisotopic (exact) mass is 276 g/mol. The number of hydrogen-bond acceptors (Lipinski definition) is 6. The molecule has 0 fully saturated rings. The largest absolute Gasteiger partial charge is 0.370 e. The lowest BCUT2D eigenvalue weighted by molar-refractivity contribution is -0.120. The molecule has 0 spiro atoms. The molecule has 0 aliphatic rings. The van der Waals surface area contributed by atoms with Crippen LogP contribution in [0.3, 0.4) is 0 Å². The summed E-state index contributed by atoms with van der Waals surface area (Å²) in [4.78, 5) is 11.7. The first-order valence-corrected chi connectivity index (χ1v) is 6.12. The minimum absolute atomic E-state index is 0.0221. The van der Waals surface area contributed by atoms with E-state index in [4.69, 9.17) is 10.5 Å². The third-order valence-electron chi connectivity index (χ3n) is 2.60. The Bertz CT molecular complexity index is 569. The van der Waals surface area contributed by atoms with Crippen LogP contribution in [0.15, 0.2) is 24.5 Å². The van der Waals surface area contributed by atoms with Gasteiger partial charge in [0.2, 0.25) is 5.91 Å². The van der Waals surface area contributed by atoms with Gasteiger partial charge in [-0.3, -0.25) is 4.79 Å². The van der Waals surface area contributed by atoms with E-state index in [0.29, 0.717) is 18.8 Å². The number of ether oxygens (including phenoxy) is 1. The van der Waals surface area contributed by atoms with Gasteiger partial charge in [-0.05, 0) is 35.0 Å². The van der Waals surface area contributed by atoms with E-state index in [1.165, 1.54) is 11.0 Å². The molecular formula is C12H16N6O2. The lowest BCUT2D eigenvalue weighted by Crippen LogP contribution is -2.21. The topological polar surface area (TPSA) is 108 Å². The molecule has 8 heteroatoms. The fourth-order valence-electron chi connectivity index (χ4n) is 1.60. The van der Waals surface area contributed by atoms with Gasteiger partial charge in [-0.15, -0.1) is 5.10 Å². The highest BCUT2D eigenvalue weighted by molar-refractivity contribution is 5.92. The summed E-state index contributed by atoms with van der Waals surface area (Å²) in [6.45, 7) is 2.63. The number of aryl methyl sites for hydroxylation is 1. The van der Waals surface area contributed by atoms with Gasteiger partial charge in [0, 0.05) is 12.2 Å². The number of nitrogens with zero attached hydrogens (tertiary/aromatic N) is 4. The summed E-state index contributed by atoms with van der Waals surface area (Å²) in [6, 6.07) is 5.55. The number of nitrogens with one attached hydrogen (secondary N) is 1. The van der Waals surface area contributed by atoms with Crippen molar-refractivity contribution in [1.82, 2.24) is 20.2 Å². The fourth-order valence-corrected chi connectivity index (χ4v) is 1.60. The number of nitrogens with two attached hydrogens (primary N) is 1. The van der Waals surface area contributed by atoms with E-state index in [1.807, 2.05) is 19.1 Å². The molecule has 0 bridgehead atoms. The van der Waals surface area contributed by atoms with Crippen LogP contribution in [0, 0.1) is 6.92 Å². The lowest BCUT2D eigenvalue weighted by atomic mass is 10.2. The summed E-state index contributed by atoms with van der Waals surface area (Å²) < 4.78 is 6.60. The highest BCUT2D eigenvalue weighted by atomic mass is 16.5. The number of carbonyl (C=O) groups is 1. The van der Waals surface area contributed by atoms with Gasteiger partial charge in [-0.25, -0.2) is 4.68 Å². The minimum atomic E-state index is -0.226. The maximum absolute atomic E-state index is 11.7. The van der Waals surface area contributed by atoms with Gasteiger partial charge < -0.3 is 15.8 Å². The van der Waals surface area contributed by atoms with Crippen LogP contribution in [0.25, 0.3) is 5.69 Å². The Labute approximate surface area is 115 Å². The highest BCUT2D eigenvalue weighted by Gasteiger charge is 2.07. The van der Waals surface area contributed by atoms with Crippen LogP contribution in [0.4, 0.5) is 5.69 Å². The first kappa shape index (κ1) is 14.1. The Morgan fingerprint density at radius 3 is 3.05 bits per heavy atom. The number of aromatic nitrogens is 4. The van der Waals surface area contributed by atoms with E-state index in [0.717, 1.165) is 11.3 Å². The number of rotatable bonds is 6. The number of tetrazole rings is 1. The van der Waals surface area contributed by atoms with Gasteiger partial charge in [0.05, 0.1) is 12.3 Å². The standard InChI is InChI=1S/C12H16N6O2/c1-9-2-3-10(18-8-14-16-17-18)6-11(9)15-12(19)7-20-5-4-13/h2-3,6,8H,4-5,7,13H2,1H3,(H,15,19). The molecule has 0 aliphatic heterocycles. The van der Waals surface area contributed by atoms with Crippen LogP contribution in [0.1, 0.15) is 5.56 Å². The smallest absolute Gasteiger partial charge is 0.250 e. The van der Waals surface area contributed by atoms with E-state index < -0.39 is 0 Å². The number of hydrogen-bond donors (Lipinski definition) is 2. The van der Waals surface area contributed by atoms with Crippen molar-refractivity contribution < 1.29 is 9.53 Å². The SMILES string of the molecule is Cc1ccc(-n2cnnn2)cc1NC(=O)COCCN. The van der Waals surface area contributed by atoms with Crippen molar-refractivity contribution in [1.29, 1.82) is 0 Å². The highest BCUT2D eigenvalue weighted by Crippen LogP contribution is 2.18. The Morgan fingerprint density at radius 1 is 1.50 bits per heavy atom. The van der Waals surface area contributed by atoms with E-state index in [-0.39, 0.29) is 12.5 Å². The summed E-state index contributed by atoms with van der Waals surface area (Å²) in [5.74, 6) is -0.226. The maximum Gasteiger partial charge on any atom is 0.250 e. The molecule has 0 aliphatic carbocycles. The molecule has 0 unspecified atom stereocenters. The molecule has 1 aromatic carbocycles. The Kier molecular flexibility index (Phi) is 4.75. The zero-order valence-electron chi connectivity index (χ0n) is 11.1. The van der Waals surface area contributed by atoms with Crippen LogP contribution in [0.2, 0.25) is 0 Å². The summed E-state index contributed by atoms with van der Waals surface area (Å²) in [5.41, 5.74) is 7.68. The van der Waals surface area contributed by atoms with E-state index in [1.54, 1.807) is 6.07 Å². The molecule has 1 aromatic heterocycles. The Morgan fingerprint density at radius 2 is 2.35 bits per heavy atom. The minimum Gasteiger partial charge on any atom is -0.370 e.